The number of Topliss-reactive ketones (excluding diaryl/α,β-unsaturated/α-hetero) is 5. The van der Waals surface area contributed by atoms with Crippen molar-refractivity contribution in [2.24, 2.45) is 35.1 Å². The van der Waals surface area contributed by atoms with Crippen LogP contribution in [0.1, 0.15) is 103 Å². The molecule has 4 aliphatic heterocycles. The lowest BCUT2D eigenvalue weighted by atomic mass is 9.89. The van der Waals surface area contributed by atoms with Gasteiger partial charge >= 0.3 is 5.97 Å². The second kappa shape index (κ2) is 39.9. The number of ketones is 5. The predicted octanol–water partition coefficient (Wildman–Crippen LogP) is 0.592. The second-order valence-corrected chi connectivity index (χ2v) is 32.7. The number of aliphatic hydroxyl groups is 1. The Balaban J connectivity index is 1.54. The molecule has 0 saturated carbocycles. The lowest BCUT2D eigenvalue weighted by molar-refractivity contribution is -0.143. The minimum atomic E-state index is -1.78. The summed E-state index contributed by atoms with van der Waals surface area (Å²) < 4.78 is 0. The number of carbonyl (C=O) groups excluding carboxylic acids is 14. The molecule has 4 aliphatic rings. The van der Waals surface area contributed by atoms with E-state index >= 15 is 9.59 Å². The number of nitrogens with one attached hydrogen (secondary N) is 7. The molecule has 0 aromatic heterocycles. The highest BCUT2D eigenvalue weighted by Gasteiger charge is 2.42. The third kappa shape index (κ3) is 26.2. The third-order valence-electron chi connectivity index (χ3n) is 16.9. The molecule has 0 spiro atoms. The lowest BCUT2D eigenvalue weighted by Crippen LogP contribution is -2.60. The molecule has 4 bridgehead atoms. The molecule has 2 aromatic carbocycles. The summed E-state index contributed by atoms with van der Waals surface area (Å²) in [5.74, 6) is -19.9. The van der Waals surface area contributed by atoms with Crippen LogP contribution in [-0.2, 0) is 84.8 Å². The number of rotatable bonds is 13. The van der Waals surface area contributed by atoms with Crippen LogP contribution in [0.25, 0.3) is 0 Å². The maximum Gasteiger partial charge on any atom is 0.303 e. The van der Waals surface area contributed by atoms with Crippen LogP contribution >= 0.6 is 64.8 Å². The summed E-state index contributed by atoms with van der Waals surface area (Å²) in [5, 5.41) is 59.4. The minimum Gasteiger partial charge on any atom is -0.508 e. The molecule has 0 aliphatic carbocycles. The van der Waals surface area contributed by atoms with E-state index in [1.165, 1.54) is 50.2 Å². The van der Waals surface area contributed by atoms with E-state index in [0.29, 0.717) is 12.0 Å². The number of nitrogens with zero attached hydrogens (tertiary/aromatic N) is 1. The van der Waals surface area contributed by atoms with E-state index in [-0.39, 0.29) is 78.4 Å². The van der Waals surface area contributed by atoms with Gasteiger partial charge < -0.3 is 74.0 Å². The predicted molar refractivity (Wildman–Crippen MR) is 375 cm³/mol. The summed E-state index contributed by atoms with van der Waals surface area (Å²) in [6, 6.07) is -1.79. The van der Waals surface area contributed by atoms with E-state index in [2.05, 4.69) is 37.2 Å². The summed E-state index contributed by atoms with van der Waals surface area (Å²) in [4.78, 5) is 215. The number of aliphatic carboxylic acids is 1. The highest BCUT2D eigenvalue weighted by Crippen LogP contribution is 2.32. The van der Waals surface area contributed by atoms with Crippen LogP contribution in [0.3, 0.4) is 0 Å². The molecule has 29 nitrogen and oxygen atoms in total. The highest BCUT2D eigenvalue weighted by molar-refractivity contribution is 8.77. The van der Waals surface area contributed by atoms with Gasteiger partial charge in [-0.05, 0) is 87.3 Å². The number of aromatic hydroxyl groups is 2. The Labute approximate surface area is 595 Å². The van der Waals surface area contributed by atoms with Crippen molar-refractivity contribution in [2.75, 3.05) is 41.1 Å². The van der Waals surface area contributed by atoms with Gasteiger partial charge in [-0.1, -0.05) is 96.0 Å². The van der Waals surface area contributed by atoms with Crippen LogP contribution in [0.15, 0.2) is 48.5 Å². The van der Waals surface area contributed by atoms with Crippen LogP contribution in [0.4, 0.5) is 0 Å². The van der Waals surface area contributed by atoms with Gasteiger partial charge in [-0.25, -0.2) is 0 Å². The zero-order valence-electron chi connectivity index (χ0n) is 54.8. The van der Waals surface area contributed by atoms with Crippen molar-refractivity contribution in [3.63, 3.8) is 0 Å². The Morgan fingerprint density at radius 1 is 0.596 bits per heavy atom. The molecule has 15 N–H and O–H groups in total. The number of fused-ring (bicyclic) bond motifs is 20. The first-order valence-electron chi connectivity index (χ1n) is 32.2. The Hall–Kier alpha value is -6.89. The standard InChI is InChI=1S/C64H86N10O19S6/c1-32(19-35-6-10-40(76)11-7-35)20-52(81)45-29-97-99-30-46-62(91)72-47-31-98-96-28-42(65)51(80)24-39(59(88)69-43(14-17-56(85)86)53(82)22-37(58(87)71-46)21-36-8-12-41(77)13-9-36)27-95-94-26-38(60(89)73-57(34(3)75)49(78)15-16-55(84)68-45)23-50(79)33(2)67-63(92)48-5-4-18-74(48)64(93)44(25-54(66)83)70-61(47)90/h6-13,32-34,37-39,42-48,57,75-77H,4-5,14-31,65H2,1-3H3,(H2,66,83)(H,67,92)(H,68,84)(H,69,88)(H,70,90)(H,71,87)(H,72,91)(H,73,89)(H,85,86)/t32-,33+,34+,37-,38+,39+,42+,43+,44+,45+,46-,47+,48+,57+/m1/s1. The maximum absolute atomic E-state index is 15.2. The van der Waals surface area contributed by atoms with Crippen molar-refractivity contribution in [3.8, 4) is 11.5 Å². The summed E-state index contributed by atoms with van der Waals surface area (Å²) in [6.07, 6.45) is -6.42. The Morgan fingerprint density at radius 2 is 1.14 bits per heavy atom. The molecule has 4 fully saturated rings. The van der Waals surface area contributed by atoms with Crippen LogP contribution in [0.5, 0.6) is 11.5 Å². The van der Waals surface area contributed by atoms with Crippen molar-refractivity contribution in [3.05, 3.63) is 59.7 Å². The van der Waals surface area contributed by atoms with Gasteiger partial charge in [0.05, 0.1) is 48.5 Å². The number of phenols is 2. The van der Waals surface area contributed by atoms with Gasteiger partial charge in [0.1, 0.15) is 41.7 Å². The molecule has 14 atom stereocenters. The number of phenolic OH excluding ortho intramolecular Hbond substituents is 2. The van der Waals surface area contributed by atoms with Crippen molar-refractivity contribution >= 4 is 153 Å². The first-order valence-corrected chi connectivity index (χ1v) is 39.7. The Kier molecular flexibility index (Phi) is 32.7. The number of carbonyl (C=O) groups is 15. The summed E-state index contributed by atoms with van der Waals surface area (Å²) in [7, 11) is 5.66. The molecule has 6 rings (SSSR count). The van der Waals surface area contributed by atoms with Crippen LogP contribution in [0, 0.1) is 23.7 Å². The number of carboxylic acids is 1. The fourth-order valence-corrected chi connectivity index (χ4v) is 18.5. The summed E-state index contributed by atoms with van der Waals surface area (Å²) in [6.45, 7) is 4.25. The zero-order chi connectivity index (χ0) is 72.6. The Bertz CT molecular complexity index is 3280. The number of primary amides is 1. The first kappa shape index (κ1) is 81.1. The van der Waals surface area contributed by atoms with Crippen LogP contribution in [-0.4, -0.2) is 215 Å². The molecule has 2 aromatic rings. The molecule has 542 valence electrons. The average molecular weight is 1490 g/mol. The topological polar surface area (TPSA) is 476 Å². The van der Waals surface area contributed by atoms with Crippen molar-refractivity contribution < 1.29 is 92.3 Å². The quantitative estimate of drug-likeness (QED) is 0.122. The largest absolute Gasteiger partial charge is 0.508 e. The first-order chi connectivity index (χ1) is 47.0. The van der Waals surface area contributed by atoms with Crippen LogP contribution in [0.2, 0.25) is 0 Å². The Morgan fingerprint density at radius 3 is 1.75 bits per heavy atom. The van der Waals surface area contributed by atoms with E-state index in [4.69, 9.17) is 11.5 Å². The second-order valence-electron chi connectivity index (χ2n) is 25.0. The molecule has 99 heavy (non-hydrogen) atoms. The van der Waals surface area contributed by atoms with Gasteiger partial charge in [0.15, 0.2) is 28.9 Å². The van der Waals surface area contributed by atoms with Crippen molar-refractivity contribution in [2.45, 2.75) is 165 Å². The summed E-state index contributed by atoms with van der Waals surface area (Å²) in [5.41, 5.74) is 13.3. The number of amides is 9. The number of hydrogen-bond acceptors (Lipinski definition) is 25. The zero-order valence-corrected chi connectivity index (χ0v) is 59.7. The van der Waals surface area contributed by atoms with Crippen molar-refractivity contribution in [1.82, 2.24) is 42.1 Å². The maximum atomic E-state index is 15.2. The molecule has 0 radical (unpaired) electrons. The summed E-state index contributed by atoms with van der Waals surface area (Å²) >= 11 is 0. The molecule has 0 unspecified atom stereocenters. The molecule has 35 heteroatoms. The van der Waals surface area contributed by atoms with Gasteiger partial charge in [0, 0.05) is 91.9 Å². The van der Waals surface area contributed by atoms with E-state index in [1.54, 1.807) is 19.1 Å². The monoisotopic (exact) mass is 1490 g/mol. The number of benzene rings is 2. The van der Waals surface area contributed by atoms with E-state index in [9.17, 15) is 82.8 Å². The van der Waals surface area contributed by atoms with Gasteiger partial charge in [-0.15, -0.1) is 0 Å². The smallest absolute Gasteiger partial charge is 0.303 e. The molecular formula is C64H86N10O19S6. The number of aliphatic hydroxyl groups excluding tert-OH is 1. The van der Waals surface area contributed by atoms with Gasteiger partial charge in [0.2, 0.25) is 53.2 Å². The average Bonchev–Trinajstić information content (AvgIpc) is 1.75. The van der Waals surface area contributed by atoms with Gasteiger partial charge in [-0.2, -0.15) is 0 Å². The molecular weight excluding hydrogens is 1410 g/mol. The molecule has 4 heterocycles. The van der Waals surface area contributed by atoms with E-state index in [1.807, 2.05) is 0 Å². The third-order valence-corrected chi connectivity index (χ3v) is 24.3. The normalized spacial score (nSPS) is 28.1. The molecule has 9 amide bonds. The van der Waals surface area contributed by atoms with Gasteiger partial charge in [0.25, 0.3) is 0 Å². The number of hydrogen-bond donors (Lipinski definition) is 13. The van der Waals surface area contributed by atoms with E-state index in [0.717, 1.165) is 75.2 Å². The minimum absolute atomic E-state index is 0.0263. The highest BCUT2D eigenvalue weighted by atomic mass is 33.1. The lowest BCUT2D eigenvalue weighted by Gasteiger charge is -2.30. The number of carboxylic acid groups (broad SMARTS) is 1. The number of nitrogens with two attached hydrogens (primary N) is 2. The fourth-order valence-electron chi connectivity index (χ4n) is 11.2. The van der Waals surface area contributed by atoms with E-state index < -0.39 is 223 Å². The SMILES string of the molecule is C[C@@H](CC(=O)[C@@H]1CSSC[C@H]2NC(=O)[C@H](Cc3ccc(O)cc3)CC(=O)[C@H](CCC(=O)O)NC(=O)[C@@H]3CSSC[C@H](CC(=O)[C@H](C)NC(=O)[C@@H]4CCCN4C(=O)[C@H](CC(N)=O)NC(=O)[C@H](CSSC[C@H](N)C(=O)C3)NC2=O)C(=O)N[C@@H]([C@H](C)O)C(=O)CCC(=O)N1)Cc1ccc(O)cc1. The van der Waals surface area contributed by atoms with Crippen LogP contribution < -0.4 is 48.7 Å². The van der Waals surface area contributed by atoms with Crippen molar-refractivity contribution in [1.29, 1.82) is 0 Å². The van der Waals surface area contributed by atoms with Gasteiger partial charge in [-0.3, -0.25) is 71.9 Å². The molecule has 4 saturated heterocycles. The fraction of sp³-hybridized carbons (Fsp3) is 0.578.